The average Bonchev–Trinajstić information content (AvgIpc) is 2.37. The molecular weight excluding hydrogens is 246 g/mol. The number of carboxylic acids is 1. The third kappa shape index (κ3) is 4.76. The molecule has 1 heterocycles. The topological polar surface area (TPSA) is 119 Å². The fraction of sp³-hybridized carbons (Fsp3) is 0.462. The number of carbonyl (C=O) groups excluding carboxylic acids is 1. The molecule has 6 heteroatoms. The molecule has 0 aliphatic rings. The molecule has 0 aromatic carbocycles. The van der Waals surface area contributed by atoms with Gasteiger partial charge in [0, 0.05) is 5.69 Å². The number of hydrogen-bond acceptors (Lipinski definition) is 5. The Morgan fingerprint density at radius 3 is 2.47 bits per heavy atom. The van der Waals surface area contributed by atoms with E-state index in [1.165, 1.54) is 0 Å². The first-order valence-electron chi connectivity index (χ1n) is 6.13. The van der Waals surface area contributed by atoms with Crippen molar-refractivity contribution in [3.05, 3.63) is 29.6 Å². The van der Waals surface area contributed by atoms with Crippen LogP contribution in [-0.4, -0.2) is 33.9 Å². The molecule has 5 N–H and O–H groups in total. The number of aryl methyl sites for hydroxylation is 1. The number of carboxylic acid groups (broad SMARTS) is 1. The van der Waals surface area contributed by atoms with Crippen LogP contribution in [0.25, 0.3) is 0 Å². The third-order valence-electron chi connectivity index (χ3n) is 2.83. The predicted molar refractivity (Wildman–Crippen MR) is 70.7 cm³/mol. The highest BCUT2D eigenvalue weighted by Gasteiger charge is 2.18. The van der Waals surface area contributed by atoms with Gasteiger partial charge < -0.3 is 16.6 Å². The SMILES string of the molecule is Cc1cccc(C(=O)C(N)CCC[C@H](N)C(=O)O)n1. The molecule has 19 heavy (non-hydrogen) atoms. The number of aliphatic carboxylic acids is 1. The molecule has 1 rings (SSSR count). The highest BCUT2D eigenvalue weighted by atomic mass is 16.4. The molecule has 2 atom stereocenters. The van der Waals surface area contributed by atoms with E-state index in [1.54, 1.807) is 25.1 Å². The van der Waals surface area contributed by atoms with E-state index in [0.29, 0.717) is 25.0 Å². The molecule has 0 spiro atoms. The minimum absolute atomic E-state index is 0.229. The fourth-order valence-corrected chi connectivity index (χ4v) is 1.68. The molecule has 104 valence electrons. The van der Waals surface area contributed by atoms with E-state index in [1.807, 2.05) is 0 Å². The zero-order chi connectivity index (χ0) is 14.4. The maximum Gasteiger partial charge on any atom is 0.320 e. The van der Waals surface area contributed by atoms with E-state index in [0.717, 1.165) is 5.69 Å². The molecule has 0 amide bonds. The standard InChI is InChI=1S/C13H19N3O3/c1-8-4-2-7-11(16-8)12(17)9(14)5-3-6-10(15)13(18)19/h2,4,7,9-10H,3,5-6,14-15H2,1H3,(H,18,19)/t9?,10-/m0/s1. The van der Waals surface area contributed by atoms with Crippen LogP contribution in [0, 0.1) is 6.92 Å². The normalized spacial score (nSPS) is 13.8. The van der Waals surface area contributed by atoms with Crippen molar-refractivity contribution in [2.24, 2.45) is 11.5 Å². The summed E-state index contributed by atoms with van der Waals surface area (Å²) in [6, 6.07) is 3.60. The van der Waals surface area contributed by atoms with E-state index < -0.39 is 18.1 Å². The number of pyridine rings is 1. The zero-order valence-electron chi connectivity index (χ0n) is 10.9. The minimum Gasteiger partial charge on any atom is -0.480 e. The highest BCUT2D eigenvalue weighted by Crippen LogP contribution is 2.08. The summed E-state index contributed by atoms with van der Waals surface area (Å²) in [5.41, 5.74) is 12.3. The lowest BCUT2D eigenvalue weighted by Gasteiger charge is -2.11. The first kappa shape index (κ1) is 15.3. The van der Waals surface area contributed by atoms with Crippen molar-refractivity contribution in [3.8, 4) is 0 Å². The van der Waals surface area contributed by atoms with E-state index in [-0.39, 0.29) is 5.78 Å². The van der Waals surface area contributed by atoms with Gasteiger partial charge in [0.05, 0.1) is 6.04 Å². The van der Waals surface area contributed by atoms with Crippen LogP contribution in [0.1, 0.15) is 35.4 Å². The second-order valence-corrected chi connectivity index (χ2v) is 4.51. The minimum atomic E-state index is -1.04. The van der Waals surface area contributed by atoms with Gasteiger partial charge in [0.2, 0.25) is 0 Å². The van der Waals surface area contributed by atoms with Crippen LogP contribution >= 0.6 is 0 Å². The van der Waals surface area contributed by atoms with E-state index in [9.17, 15) is 9.59 Å². The summed E-state index contributed by atoms with van der Waals surface area (Å²) in [5, 5.41) is 8.63. The number of Topliss-reactive ketones (excluding diaryl/α,β-unsaturated/α-hetero) is 1. The maximum absolute atomic E-state index is 12.0. The Labute approximate surface area is 111 Å². The molecular formula is C13H19N3O3. The molecule has 1 aromatic heterocycles. The van der Waals surface area contributed by atoms with Crippen LogP contribution in [-0.2, 0) is 4.79 Å². The molecule has 0 saturated heterocycles. The Bertz CT molecular complexity index is 462. The number of nitrogens with zero attached hydrogens (tertiary/aromatic N) is 1. The van der Waals surface area contributed by atoms with Crippen molar-refractivity contribution < 1.29 is 14.7 Å². The van der Waals surface area contributed by atoms with Gasteiger partial charge in [-0.05, 0) is 38.3 Å². The Morgan fingerprint density at radius 2 is 1.89 bits per heavy atom. The second kappa shape index (κ2) is 6.96. The van der Waals surface area contributed by atoms with Gasteiger partial charge in [-0.15, -0.1) is 0 Å². The van der Waals surface area contributed by atoms with Crippen molar-refractivity contribution in [1.82, 2.24) is 4.98 Å². The second-order valence-electron chi connectivity index (χ2n) is 4.51. The lowest BCUT2D eigenvalue weighted by Crippen LogP contribution is -2.33. The monoisotopic (exact) mass is 265 g/mol. The van der Waals surface area contributed by atoms with Crippen LogP contribution in [0.5, 0.6) is 0 Å². The lowest BCUT2D eigenvalue weighted by molar-refractivity contribution is -0.138. The lowest BCUT2D eigenvalue weighted by atomic mass is 10.0. The zero-order valence-corrected chi connectivity index (χ0v) is 10.9. The van der Waals surface area contributed by atoms with Gasteiger partial charge in [0.1, 0.15) is 11.7 Å². The first-order chi connectivity index (χ1) is 8.91. The summed E-state index contributed by atoms with van der Waals surface area (Å²) in [5.74, 6) is -1.27. The predicted octanol–water partition coefficient (Wildman–Crippen LogP) is 0.482. The molecule has 6 nitrogen and oxygen atoms in total. The molecule has 1 unspecified atom stereocenters. The van der Waals surface area contributed by atoms with Crippen molar-refractivity contribution >= 4 is 11.8 Å². The summed E-state index contributed by atoms with van der Waals surface area (Å²) >= 11 is 0. The molecule has 0 fully saturated rings. The number of hydrogen-bond donors (Lipinski definition) is 3. The third-order valence-corrected chi connectivity index (χ3v) is 2.83. The van der Waals surface area contributed by atoms with E-state index >= 15 is 0 Å². The van der Waals surface area contributed by atoms with Gasteiger partial charge in [0.15, 0.2) is 5.78 Å². The summed E-state index contributed by atoms with van der Waals surface area (Å²) in [6.45, 7) is 1.80. The average molecular weight is 265 g/mol. The van der Waals surface area contributed by atoms with E-state index in [2.05, 4.69) is 4.98 Å². The van der Waals surface area contributed by atoms with Crippen LogP contribution < -0.4 is 11.5 Å². The van der Waals surface area contributed by atoms with Crippen LogP contribution in [0.2, 0.25) is 0 Å². The van der Waals surface area contributed by atoms with Crippen molar-refractivity contribution in [3.63, 3.8) is 0 Å². The molecule has 0 aliphatic carbocycles. The Hall–Kier alpha value is -1.79. The highest BCUT2D eigenvalue weighted by molar-refractivity contribution is 5.98. The Balaban J connectivity index is 2.47. The Kier molecular flexibility index (Phi) is 5.59. The van der Waals surface area contributed by atoms with Gasteiger partial charge in [0.25, 0.3) is 0 Å². The smallest absolute Gasteiger partial charge is 0.320 e. The summed E-state index contributed by atoms with van der Waals surface area (Å²) < 4.78 is 0. The van der Waals surface area contributed by atoms with Gasteiger partial charge in [-0.3, -0.25) is 9.59 Å². The number of nitrogens with two attached hydrogens (primary N) is 2. The number of carbonyl (C=O) groups is 2. The molecule has 0 radical (unpaired) electrons. The largest absolute Gasteiger partial charge is 0.480 e. The molecule has 0 saturated carbocycles. The van der Waals surface area contributed by atoms with Crippen molar-refractivity contribution in [2.75, 3.05) is 0 Å². The molecule has 1 aromatic rings. The molecule has 0 aliphatic heterocycles. The number of ketones is 1. The van der Waals surface area contributed by atoms with Gasteiger partial charge in [-0.2, -0.15) is 0 Å². The van der Waals surface area contributed by atoms with E-state index in [4.69, 9.17) is 16.6 Å². The fourth-order valence-electron chi connectivity index (χ4n) is 1.68. The van der Waals surface area contributed by atoms with Crippen LogP contribution in [0.3, 0.4) is 0 Å². The first-order valence-corrected chi connectivity index (χ1v) is 6.13. The number of aromatic nitrogens is 1. The maximum atomic E-state index is 12.0. The van der Waals surface area contributed by atoms with Crippen molar-refractivity contribution in [1.29, 1.82) is 0 Å². The van der Waals surface area contributed by atoms with Crippen molar-refractivity contribution in [2.45, 2.75) is 38.3 Å². The van der Waals surface area contributed by atoms with Crippen LogP contribution in [0.4, 0.5) is 0 Å². The van der Waals surface area contributed by atoms with Crippen LogP contribution in [0.15, 0.2) is 18.2 Å². The van der Waals surface area contributed by atoms with Gasteiger partial charge >= 0.3 is 5.97 Å². The van der Waals surface area contributed by atoms with Gasteiger partial charge in [-0.25, -0.2) is 4.98 Å². The summed E-state index contributed by atoms with van der Waals surface area (Å²) in [7, 11) is 0. The summed E-state index contributed by atoms with van der Waals surface area (Å²) in [4.78, 5) is 26.6. The van der Waals surface area contributed by atoms with Gasteiger partial charge in [-0.1, -0.05) is 6.07 Å². The quantitative estimate of drug-likeness (QED) is 0.617. The molecule has 0 bridgehead atoms. The summed E-state index contributed by atoms with van der Waals surface area (Å²) in [6.07, 6.45) is 1.19. The number of rotatable bonds is 7. The Morgan fingerprint density at radius 1 is 1.26 bits per heavy atom.